The number of hydrogen-bond acceptors (Lipinski definition) is 6. The lowest BCUT2D eigenvalue weighted by Gasteiger charge is -2.15. The van der Waals surface area contributed by atoms with E-state index in [1.54, 1.807) is 35.3 Å². The van der Waals surface area contributed by atoms with Crippen LogP contribution in [0.2, 0.25) is 0 Å². The molecule has 30 heavy (non-hydrogen) atoms. The number of thioether (sulfide) groups is 3. The molecule has 8 heteroatoms. The first-order chi connectivity index (χ1) is 14.6. The molecule has 0 spiro atoms. The molecule has 160 valence electrons. The van der Waals surface area contributed by atoms with Gasteiger partial charge in [-0.05, 0) is 49.5 Å². The van der Waals surface area contributed by atoms with Gasteiger partial charge in [-0.15, -0.1) is 23.5 Å². The van der Waals surface area contributed by atoms with Crippen LogP contribution < -0.4 is 5.32 Å². The zero-order valence-corrected chi connectivity index (χ0v) is 20.1. The average molecular weight is 461 g/mol. The highest BCUT2D eigenvalue weighted by molar-refractivity contribution is 8.00. The van der Waals surface area contributed by atoms with Gasteiger partial charge in [0.25, 0.3) is 0 Å². The summed E-state index contributed by atoms with van der Waals surface area (Å²) in [5.74, 6) is 2.88. The van der Waals surface area contributed by atoms with Gasteiger partial charge in [-0.2, -0.15) is 0 Å². The Kier molecular flexibility index (Phi) is 8.96. The van der Waals surface area contributed by atoms with Crippen LogP contribution in [0, 0.1) is 6.92 Å². The quantitative estimate of drug-likeness (QED) is 0.255. The molecule has 0 saturated carbocycles. The monoisotopic (exact) mass is 460 g/mol. The van der Waals surface area contributed by atoms with Crippen molar-refractivity contribution in [2.24, 2.45) is 0 Å². The van der Waals surface area contributed by atoms with Crippen LogP contribution in [0.3, 0.4) is 0 Å². The van der Waals surface area contributed by atoms with Gasteiger partial charge in [0.05, 0.1) is 16.7 Å². The smallest absolute Gasteiger partial charge is 0.224 e. The van der Waals surface area contributed by atoms with E-state index in [4.69, 9.17) is 0 Å². The van der Waals surface area contributed by atoms with E-state index in [1.165, 1.54) is 0 Å². The van der Waals surface area contributed by atoms with E-state index in [0.29, 0.717) is 6.42 Å². The number of aromatic amines is 1. The Bertz CT molecular complexity index is 929. The first kappa shape index (κ1) is 23.0. The van der Waals surface area contributed by atoms with E-state index in [0.717, 1.165) is 67.6 Å². The van der Waals surface area contributed by atoms with Crippen LogP contribution in [-0.2, 0) is 4.79 Å². The average Bonchev–Trinajstić information content (AvgIpc) is 3.13. The van der Waals surface area contributed by atoms with Crippen molar-refractivity contribution in [3.63, 3.8) is 0 Å². The summed E-state index contributed by atoms with van der Waals surface area (Å²) in [5, 5.41) is 4.99. The van der Waals surface area contributed by atoms with Gasteiger partial charge in [0.1, 0.15) is 5.03 Å². The van der Waals surface area contributed by atoms with Crippen molar-refractivity contribution in [3.05, 3.63) is 36.0 Å². The molecule has 5 nitrogen and oxygen atoms in total. The van der Waals surface area contributed by atoms with Crippen LogP contribution in [0.4, 0.5) is 5.69 Å². The summed E-state index contributed by atoms with van der Waals surface area (Å²) in [5.41, 5.74) is 3.92. The Morgan fingerprint density at radius 1 is 1.07 bits per heavy atom. The number of rotatable bonds is 11. The fraction of sp³-hybridized carbons (Fsp3) is 0.409. The van der Waals surface area contributed by atoms with Crippen LogP contribution in [0.1, 0.15) is 38.8 Å². The second-order valence-electron chi connectivity index (χ2n) is 6.72. The lowest BCUT2D eigenvalue weighted by molar-refractivity contribution is -0.116. The third kappa shape index (κ3) is 6.43. The SMILES string of the molecule is CCSc1cc(C)nc(SCC)c1NC(=O)CCCCSc1nc2ccccc2[nH]1. The van der Waals surface area contributed by atoms with Crippen LogP contribution in [-0.4, -0.2) is 38.1 Å². The molecular weight excluding hydrogens is 432 g/mol. The zero-order valence-electron chi connectivity index (χ0n) is 17.7. The number of carbonyl (C=O) groups excluding carboxylic acids is 1. The molecule has 0 atom stereocenters. The van der Waals surface area contributed by atoms with E-state index in [-0.39, 0.29) is 5.91 Å². The second-order valence-corrected chi connectivity index (χ2v) is 10.4. The molecule has 3 aromatic rings. The number of carbonyl (C=O) groups is 1. The van der Waals surface area contributed by atoms with Crippen molar-refractivity contribution >= 4 is 57.9 Å². The summed E-state index contributed by atoms with van der Waals surface area (Å²) in [6, 6.07) is 10.1. The number of nitrogens with zero attached hydrogens (tertiary/aromatic N) is 2. The van der Waals surface area contributed by atoms with E-state index < -0.39 is 0 Å². The normalized spacial score (nSPS) is 11.2. The summed E-state index contributed by atoms with van der Waals surface area (Å²) < 4.78 is 0. The zero-order chi connectivity index (χ0) is 21.3. The number of anilines is 1. The highest BCUT2D eigenvalue weighted by atomic mass is 32.2. The van der Waals surface area contributed by atoms with Gasteiger partial charge in [0.15, 0.2) is 5.16 Å². The summed E-state index contributed by atoms with van der Waals surface area (Å²) in [4.78, 5) is 26.2. The minimum Gasteiger partial charge on any atom is -0.333 e. The maximum atomic E-state index is 12.6. The number of unbranched alkanes of at least 4 members (excludes halogenated alkanes) is 1. The standard InChI is InChI=1S/C22H28N4OS3/c1-4-28-18-14-15(3)23-21(29-5-2)20(18)26-19(27)12-8-9-13-30-22-24-16-10-6-7-11-17(16)25-22/h6-7,10-11,14H,4-5,8-9,12-13H2,1-3H3,(H,24,25)(H,26,27). The molecule has 0 aliphatic rings. The largest absolute Gasteiger partial charge is 0.333 e. The molecule has 0 aliphatic carbocycles. The van der Waals surface area contributed by atoms with E-state index >= 15 is 0 Å². The lowest BCUT2D eigenvalue weighted by atomic mass is 10.2. The minimum absolute atomic E-state index is 0.0605. The van der Waals surface area contributed by atoms with Crippen molar-refractivity contribution in [1.29, 1.82) is 0 Å². The molecule has 1 aromatic carbocycles. The van der Waals surface area contributed by atoms with E-state index in [2.05, 4.69) is 40.2 Å². The Labute approximate surface area is 191 Å². The highest BCUT2D eigenvalue weighted by Gasteiger charge is 2.15. The predicted octanol–water partition coefficient (Wildman–Crippen LogP) is 6.39. The molecule has 2 heterocycles. The number of aromatic nitrogens is 3. The summed E-state index contributed by atoms with van der Waals surface area (Å²) in [7, 11) is 0. The van der Waals surface area contributed by atoms with E-state index in [9.17, 15) is 4.79 Å². The van der Waals surface area contributed by atoms with Gasteiger partial charge in [-0.25, -0.2) is 9.97 Å². The molecule has 2 N–H and O–H groups in total. The van der Waals surface area contributed by atoms with Crippen LogP contribution >= 0.6 is 35.3 Å². The molecule has 0 aliphatic heterocycles. The Balaban J connectivity index is 1.49. The van der Waals surface area contributed by atoms with Crippen LogP contribution in [0.25, 0.3) is 11.0 Å². The Morgan fingerprint density at radius 2 is 1.87 bits per heavy atom. The third-order valence-corrected chi connectivity index (χ3v) is 7.07. The molecule has 0 fully saturated rings. The van der Waals surface area contributed by atoms with Gasteiger partial charge in [-0.3, -0.25) is 4.79 Å². The topological polar surface area (TPSA) is 70.7 Å². The van der Waals surface area contributed by atoms with Crippen molar-refractivity contribution in [1.82, 2.24) is 15.0 Å². The maximum absolute atomic E-state index is 12.6. The van der Waals surface area contributed by atoms with Crippen LogP contribution in [0.15, 0.2) is 45.4 Å². The summed E-state index contributed by atoms with van der Waals surface area (Å²) in [6.45, 7) is 6.23. The molecule has 1 amide bonds. The summed E-state index contributed by atoms with van der Waals surface area (Å²) in [6.07, 6.45) is 2.33. The fourth-order valence-electron chi connectivity index (χ4n) is 3.00. The number of fused-ring (bicyclic) bond motifs is 1. The second kappa shape index (κ2) is 11.7. The molecule has 0 bridgehead atoms. The number of amides is 1. The van der Waals surface area contributed by atoms with Gasteiger partial charge < -0.3 is 10.3 Å². The number of hydrogen-bond donors (Lipinski definition) is 2. The molecule has 0 radical (unpaired) electrons. The van der Waals surface area contributed by atoms with Gasteiger partial charge >= 0.3 is 0 Å². The van der Waals surface area contributed by atoms with Gasteiger partial charge in [-0.1, -0.05) is 37.7 Å². The molecular formula is C22H28N4OS3. The molecule has 2 aromatic heterocycles. The first-order valence-corrected chi connectivity index (χ1v) is 13.2. The maximum Gasteiger partial charge on any atom is 0.224 e. The van der Waals surface area contributed by atoms with Crippen molar-refractivity contribution in [2.75, 3.05) is 22.6 Å². The van der Waals surface area contributed by atoms with E-state index in [1.807, 2.05) is 31.2 Å². The Morgan fingerprint density at radius 3 is 2.63 bits per heavy atom. The third-order valence-electron chi connectivity index (χ3n) is 4.33. The predicted molar refractivity (Wildman–Crippen MR) is 131 cm³/mol. The lowest BCUT2D eigenvalue weighted by Crippen LogP contribution is -2.13. The number of imidazole rings is 1. The number of para-hydroxylation sites is 2. The van der Waals surface area contributed by atoms with Gasteiger partial charge in [0.2, 0.25) is 5.91 Å². The fourth-order valence-corrected chi connectivity index (χ4v) is 5.59. The molecule has 0 unspecified atom stereocenters. The highest BCUT2D eigenvalue weighted by Crippen LogP contribution is 2.35. The number of benzene rings is 1. The number of aryl methyl sites for hydroxylation is 1. The minimum atomic E-state index is 0.0605. The van der Waals surface area contributed by atoms with Crippen molar-refractivity contribution in [3.8, 4) is 0 Å². The van der Waals surface area contributed by atoms with Crippen molar-refractivity contribution < 1.29 is 4.79 Å². The summed E-state index contributed by atoms with van der Waals surface area (Å²) >= 11 is 5.13. The van der Waals surface area contributed by atoms with Gasteiger partial charge in [0, 0.05) is 22.8 Å². The number of H-pyrrole nitrogens is 1. The number of pyridine rings is 1. The Hall–Kier alpha value is -1.64. The molecule has 3 rings (SSSR count). The van der Waals surface area contributed by atoms with Crippen molar-refractivity contribution in [2.45, 2.75) is 55.1 Å². The number of nitrogens with one attached hydrogen (secondary N) is 2. The van der Waals surface area contributed by atoms with Crippen LogP contribution in [0.5, 0.6) is 0 Å². The molecule has 0 saturated heterocycles. The first-order valence-electron chi connectivity index (χ1n) is 10.2.